The zero-order valence-electron chi connectivity index (χ0n) is 13.0. The number of H-pyrrole nitrogens is 1. The lowest BCUT2D eigenvalue weighted by Gasteiger charge is -2.06. The molecule has 1 N–H and O–H groups in total. The summed E-state index contributed by atoms with van der Waals surface area (Å²) in [4.78, 5) is 26.1. The Bertz CT molecular complexity index is 799. The van der Waals surface area contributed by atoms with Crippen molar-refractivity contribution in [2.24, 2.45) is 0 Å². The topological polar surface area (TPSA) is 75.3 Å². The van der Waals surface area contributed by atoms with E-state index in [0.717, 1.165) is 0 Å². The van der Waals surface area contributed by atoms with Gasteiger partial charge in [-0.3, -0.25) is 14.7 Å². The van der Waals surface area contributed by atoms with Gasteiger partial charge in [-0.05, 0) is 17.7 Å². The molecule has 126 valence electrons. The molecule has 2 aromatic rings. The lowest BCUT2D eigenvalue weighted by Crippen LogP contribution is -2.19. The number of aromatic amines is 1. The molecule has 0 unspecified atom stereocenters. The molecule has 0 bridgehead atoms. The van der Waals surface area contributed by atoms with Crippen molar-refractivity contribution in [1.29, 1.82) is 0 Å². The Hall–Kier alpha value is -3.03. The zero-order chi connectivity index (χ0) is 17.7. The van der Waals surface area contributed by atoms with Crippen LogP contribution in [-0.2, 0) is 0 Å². The first-order valence-corrected chi connectivity index (χ1v) is 6.91. The molecule has 1 aromatic carbocycles. The maximum Gasteiger partial charge on any atom is 0.387 e. The Balaban J connectivity index is 2.34. The monoisotopic (exact) mass is 335 g/mol. The number of carbonyl (C=O) groups is 1. The first kappa shape index (κ1) is 17.3. The number of alkyl halides is 2. The molecule has 2 rings (SSSR count). The average Bonchev–Trinajstić information content (AvgIpc) is 2.53. The van der Waals surface area contributed by atoms with Gasteiger partial charge >= 0.3 is 6.61 Å². The molecule has 0 aliphatic heterocycles. The molecule has 0 saturated heterocycles. The van der Waals surface area contributed by atoms with E-state index in [1.807, 2.05) is 0 Å². The van der Waals surface area contributed by atoms with Crippen molar-refractivity contribution in [2.75, 3.05) is 14.1 Å². The molecular formula is C16H15F2N3O3. The van der Waals surface area contributed by atoms with Crippen molar-refractivity contribution < 1.29 is 18.3 Å². The Morgan fingerprint density at radius 1 is 1.29 bits per heavy atom. The fraction of sp³-hybridized carbons (Fsp3) is 0.188. The number of hydrogen-bond acceptors (Lipinski definition) is 5. The van der Waals surface area contributed by atoms with Crippen LogP contribution in [-0.4, -0.2) is 41.6 Å². The van der Waals surface area contributed by atoms with Crippen LogP contribution in [0.15, 0.2) is 47.5 Å². The molecule has 0 aliphatic rings. The molecule has 0 atom stereocenters. The smallest absolute Gasteiger partial charge is 0.387 e. The molecule has 0 saturated carbocycles. The summed E-state index contributed by atoms with van der Waals surface area (Å²) in [6, 6.07) is 5.53. The number of ketones is 1. The Morgan fingerprint density at radius 3 is 2.54 bits per heavy atom. The average molecular weight is 335 g/mol. The van der Waals surface area contributed by atoms with E-state index < -0.39 is 17.8 Å². The number of carbonyl (C=O) groups excluding carboxylic acids is 1. The summed E-state index contributed by atoms with van der Waals surface area (Å²) < 4.78 is 28.5. The summed E-state index contributed by atoms with van der Waals surface area (Å²) >= 11 is 0. The predicted molar refractivity (Wildman–Crippen MR) is 84.1 cm³/mol. The lowest BCUT2D eigenvalue weighted by molar-refractivity contribution is -0.0498. The van der Waals surface area contributed by atoms with Gasteiger partial charge in [-0.15, -0.1) is 0 Å². The van der Waals surface area contributed by atoms with Crippen LogP contribution in [0.3, 0.4) is 0 Å². The van der Waals surface area contributed by atoms with Crippen molar-refractivity contribution in [2.45, 2.75) is 6.61 Å². The highest BCUT2D eigenvalue weighted by Gasteiger charge is 2.14. The van der Waals surface area contributed by atoms with E-state index in [9.17, 15) is 18.4 Å². The third-order valence-electron chi connectivity index (χ3n) is 2.99. The van der Waals surface area contributed by atoms with Crippen molar-refractivity contribution in [3.05, 3.63) is 58.7 Å². The number of nitrogens with one attached hydrogen (secondary N) is 1. The number of benzene rings is 1. The van der Waals surface area contributed by atoms with Crippen LogP contribution in [0.25, 0.3) is 11.1 Å². The molecule has 8 heteroatoms. The van der Waals surface area contributed by atoms with Crippen LogP contribution in [0, 0.1) is 0 Å². The highest BCUT2D eigenvalue weighted by molar-refractivity contribution is 6.03. The minimum atomic E-state index is -2.92. The predicted octanol–water partition coefficient (Wildman–Crippen LogP) is 2.30. The van der Waals surface area contributed by atoms with E-state index in [1.165, 1.54) is 42.7 Å². The molecule has 0 fully saturated rings. The second kappa shape index (κ2) is 7.49. The summed E-state index contributed by atoms with van der Waals surface area (Å²) in [5, 5.41) is 6.23. The quantitative estimate of drug-likeness (QED) is 0.647. The minimum absolute atomic E-state index is 0.0237. The Kier molecular flexibility index (Phi) is 5.41. The third-order valence-corrected chi connectivity index (χ3v) is 2.99. The second-order valence-corrected chi connectivity index (χ2v) is 5.02. The summed E-state index contributed by atoms with van der Waals surface area (Å²) in [5.41, 5.74) is -0.149. The van der Waals surface area contributed by atoms with Gasteiger partial charge in [-0.2, -0.15) is 13.9 Å². The van der Waals surface area contributed by atoms with Crippen LogP contribution < -0.4 is 10.2 Å². The van der Waals surface area contributed by atoms with E-state index in [0.29, 0.717) is 5.56 Å². The minimum Gasteiger partial charge on any atom is -0.435 e. The maximum atomic E-state index is 12.4. The number of ether oxygens (including phenoxy) is 1. The Labute approximate surface area is 136 Å². The van der Waals surface area contributed by atoms with Crippen LogP contribution in [0.2, 0.25) is 0 Å². The van der Waals surface area contributed by atoms with E-state index in [-0.39, 0.29) is 17.0 Å². The van der Waals surface area contributed by atoms with Gasteiger partial charge in [-0.1, -0.05) is 12.1 Å². The van der Waals surface area contributed by atoms with Gasteiger partial charge in [0.1, 0.15) is 5.75 Å². The lowest BCUT2D eigenvalue weighted by atomic mass is 10.1. The van der Waals surface area contributed by atoms with Gasteiger partial charge < -0.3 is 9.64 Å². The van der Waals surface area contributed by atoms with Crippen molar-refractivity contribution in [3.63, 3.8) is 0 Å². The summed E-state index contributed by atoms with van der Waals surface area (Å²) in [6.07, 6.45) is 4.09. The van der Waals surface area contributed by atoms with E-state index >= 15 is 0 Å². The van der Waals surface area contributed by atoms with E-state index in [4.69, 9.17) is 0 Å². The van der Waals surface area contributed by atoms with Gasteiger partial charge in [0, 0.05) is 38.1 Å². The number of nitrogens with zero attached hydrogens (tertiary/aromatic N) is 2. The largest absolute Gasteiger partial charge is 0.435 e. The third kappa shape index (κ3) is 4.25. The Morgan fingerprint density at radius 2 is 1.96 bits per heavy atom. The normalized spacial score (nSPS) is 11.0. The second-order valence-electron chi connectivity index (χ2n) is 5.02. The van der Waals surface area contributed by atoms with Gasteiger partial charge in [0.15, 0.2) is 5.69 Å². The molecular weight excluding hydrogens is 320 g/mol. The van der Waals surface area contributed by atoms with Crippen molar-refractivity contribution in [3.8, 4) is 16.9 Å². The molecule has 0 aliphatic carbocycles. The van der Waals surface area contributed by atoms with E-state index in [2.05, 4.69) is 14.9 Å². The molecule has 0 amide bonds. The molecule has 0 radical (unpaired) electrons. The fourth-order valence-corrected chi connectivity index (χ4v) is 1.90. The van der Waals surface area contributed by atoms with E-state index in [1.54, 1.807) is 19.0 Å². The number of aromatic nitrogens is 2. The molecule has 6 nitrogen and oxygen atoms in total. The van der Waals surface area contributed by atoms with Gasteiger partial charge in [0.25, 0.3) is 0 Å². The van der Waals surface area contributed by atoms with Gasteiger partial charge in [-0.25, -0.2) is 0 Å². The standard InChI is InChI=1S/C16H15F2N3O3/c1-21(2)8-7-13(22)14-15(23)12(9-19-20-14)10-3-5-11(6-4-10)24-16(17)18/h3-9,16H,1-2H3,(H,19,23). The molecule has 1 aromatic heterocycles. The first-order chi connectivity index (χ1) is 11.4. The number of halogens is 2. The van der Waals surface area contributed by atoms with Gasteiger partial charge in [0.2, 0.25) is 11.2 Å². The summed E-state index contributed by atoms with van der Waals surface area (Å²) in [6.45, 7) is -2.92. The van der Waals surface area contributed by atoms with Crippen LogP contribution in [0.4, 0.5) is 8.78 Å². The van der Waals surface area contributed by atoms with Crippen LogP contribution in [0.5, 0.6) is 5.75 Å². The highest BCUT2D eigenvalue weighted by Crippen LogP contribution is 2.20. The van der Waals surface area contributed by atoms with Crippen LogP contribution in [0.1, 0.15) is 10.5 Å². The van der Waals surface area contributed by atoms with Crippen molar-refractivity contribution in [1.82, 2.24) is 15.1 Å². The summed E-state index contributed by atoms with van der Waals surface area (Å²) in [5.74, 6) is -0.561. The number of hydrogen-bond donors (Lipinski definition) is 1. The molecule has 24 heavy (non-hydrogen) atoms. The molecule has 1 heterocycles. The zero-order valence-corrected chi connectivity index (χ0v) is 13.0. The van der Waals surface area contributed by atoms with Crippen molar-refractivity contribution >= 4 is 5.78 Å². The molecule has 0 spiro atoms. The maximum absolute atomic E-state index is 12.4. The SMILES string of the molecule is CN(C)C=CC(=O)c1n[nH]cc(-c2ccc(OC(F)F)cc2)c1=O. The fourth-order valence-electron chi connectivity index (χ4n) is 1.90. The highest BCUT2D eigenvalue weighted by atomic mass is 19.3. The first-order valence-electron chi connectivity index (χ1n) is 6.91. The number of allylic oxidation sites excluding steroid dienone is 1. The summed E-state index contributed by atoms with van der Waals surface area (Å²) in [7, 11) is 3.47. The van der Waals surface area contributed by atoms with Crippen LogP contribution >= 0.6 is 0 Å². The van der Waals surface area contributed by atoms with Gasteiger partial charge in [0.05, 0.1) is 0 Å². The number of rotatable bonds is 6.